The first kappa shape index (κ1) is 14.3. The highest BCUT2D eigenvalue weighted by Gasteiger charge is 2.41. The number of hydrogen-bond donors (Lipinski definition) is 0. The minimum Gasteiger partial charge on any atom is -0.335 e. The lowest BCUT2D eigenvalue weighted by Gasteiger charge is -2.29. The van der Waals surface area contributed by atoms with Crippen LogP contribution in [0.1, 0.15) is 43.9 Å². The number of hydrogen-bond acceptors (Lipinski definition) is 3. The van der Waals surface area contributed by atoms with Gasteiger partial charge in [-0.3, -0.25) is 14.2 Å². The summed E-state index contributed by atoms with van der Waals surface area (Å²) in [6.07, 6.45) is 6.15. The van der Waals surface area contributed by atoms with Crippen LogP contribution in [0.2, 0.25) is 0 Å². The zero-order valence-corrected chi connectivity index (χ0v) is 13.0. The summed E-state index contributed by atoms with van der Waals surface area (Å²) in [7, 11) is 0. The van der Waals surface area contributed by atoms with E-state index >= 15 is 0 Å². The summed E-state index contributed by atoms with van der Waals surface area (Å²) in [5.41, 5.74) is 1.25. The van der Waals surface area contributed by atoms with Crippen LogP contribution in [0.15, 0.2) is 11.1 Å². The van der Waals surface area contributed by atoms with Crippen molar-refractivity contribution >= 4 is 5.91 Å². The number of aryl methyl sites for hydroxylation is 1. The van der Waals surface area contributed by atoms with Crippen molar-refractivity contribution in [1.29, 1.82) is 0 Å². The average Bonchev–Trinajstić information content (AvgIpc) is 3.30. The molecule has 1 aromatic rings. The summed E-state index contributed by atoms with van der Waals surface area (Å²) < 4.78 is 1.44. The summed E-state index contributed by atoms with van der Waals surface area (Å²) in [6, 6.07) is 0.698. The van der Waals surface area contributed by atoms with Gasteiger partial charge in [0.05, 0.1) is 6.33 Å². The SMILES string of the molecule is Cc1ncn(CC(=O)N(C2CC2)C(C)C2CC2)c(=O)c1C. The summed E-state index contributed by atoms with van der Waals surface area (Å²) in [6.45, 7) is 5.83. The Balaban J connectivity index is 1.78. The van der Waals surface area contributed by atoms with Crippen molar-refractivity contribution in [2.24, 2.45) is 5.92 Å². The van der Waals surface area contributed by atoms with Crippen LogP contribution < -0.4 is 5.56 Å². The van der Waals surface area contributed by atoms with E-state index in [1.807, 2.05) is 11.8 Å². The molecule has 1 aromatic heterocycles. The van der Waals surface area contributed by atoms with E-state index in [9.17, 15) is 9.59 Å². The highest BCUT2D eigenvalue weighted by atomic mass is 16.2. The first-order valence-corrected chi connectivity index (χ1v) is 7.83. The number of amides is 1. The van der Waals surface area contributed by atoms with Crippen molar-refractivity contribution in [3.05, 3.63) is 27.9 Å². The van der Waals surface area contributed by atoms with Crippen LogP contribution in [0.5, 0.6) is 0 Å². The van der Waals surface area contributed by atoms with Crippen LogP contribution in [0.4, 0.5) is 0 Å². The van der Waals surface area contributed by atoms with E-state index in [4.69, 9.17) is 0 Å². The number of carbonyl (C=O) groups is 1. The molecule has 3 rings (SSSR count). The minimum atomic E-state index is -0.106. The Morgan fingerprint density at radius 1 is 1.38 bits per heavy atom. The molecule has 114 valence electrons. The Hall–Kier alpha value is -1.65. The molecule has 1 amide bonds. The predicted octanol–water partition coefficient (Wildman–Crippen LogP) is 1.65. The van der Waals surface area contributed by atoms with Crippen LogP contribution >= 0.6 is 0 Å². The lowest BCUT2D eigenvalue weighted by Crippen LogP contribution is -2.44. The van der Waals surface area contributed by atoms with Gasteiger partial charge in [0.15, 0.2) is 0 Å². The van der Waals surface area contributed by atoms with Crippen LogP contribution in [0, 0.1) is 19.8 Å². The van der Waals surface area contributed by atoms with Gasteiger partial charge in [0.2, 0.25) is 5.91 Å². The van der Waals surface area contributed by atoms with Gasteiger partial charge in [-0.15, -0.1) is 0 Å². The molecule has 0 bridgehead atoms. The Labute approximate surface area is 125 Å². The van der Waals surface area contributed by atoms with E-state index in [0.29, 0.717) is 23.6 Å². The molecule has 2 aliphatic carbocycles. The summed E-state index contributed by atoms with van der Waals surface area (Å²) in [5, 5.41) is 0. The van der Waals surface area contributed by atoms with E-state index < -0.39 is 0 Å². The topological polar surface area (TPSA) is 55.2 Å². The number of carbonyl (C=O) groups excluding carboxylic acids is 1. The summed E-state index contributed by atoms with van der Waals surface area (Å²) in [5.74, 6) is 0.716. The third kappa shape index (κ3) is 2.87. The molecule has 2 fully saturated rings. The number of aromatic nitrogens is 2. The maximum atomic E-state index is 12.7. The molecule has 0 saturated heterocycles. The minimum absolute atomic E-state index is 0.0593. The third-order valence-corrected chi connectivity index (χ3v) is 4.79. The molecule has 0 N–H and O–H groups in total. The fourth-order valence-corrected chi connectivity index (χ4v) is 2.94. The lowest BCUT2D eigenvalue weighted by molar-refractivity contribution is -0.135. The van der Waals surface area contributed by atoms with Crippen LogP contribution in [0.3, 0.4) is 0 Å². The van der Waals surface area contributed by atoms with E-state index in [1.54, 1.807) is 6.92 Å². The highest BCUT2D eigenvalue weighted by molar-refractivity contribution is 5.77. The predicted molar refractivity (Wildman–Crippen MR) is 80.0 cm³/mol. The molecule has 0 radical (unpaired) electrons. The van der Waals surface area contributed by atoms with Gasteiger partial charge in [-0.2, -0.15) is 0 Å². The van der Waals surface area contributed by atoms with Crippen molar-refractivity contribution in [3.63, 3.8) is 0 Å². The first-order valence-electron chi connectivity index (χ1n) is 7.83. The zero-order valence-electron chi connectivity index (χ0n) is 13.0. The number of nitrogens with zero attached hydrogens (tertiary/aromatic N) is 3. The highest BCUT2D eigenvalue weighted by Crippen LogP contribution is 2.39. The fourth-order valence-electron chi connectivity index (χ4n) is 2.94. The molecular formula is C16H23N3O2. The second-order valence-corrected chi connectivity index (χ2v) is 6.50. The van der Waals surface area contributed by atoms with Gasteiger partial charge in [0.25, 0.3) is 5.56 Å². The molecule has 1 unspecified atom stereocenters. The van der Waals surface area contributed by atoms with Gasteiger partial charge in [-0.05, 0) is 52.4 Å². The molecule has 1 atom stereocenters. The fraction of sp³-hybridized carbons (Fsp3) is 0.688. The molecule has 0 aromatic carbocycles. The van der Waals surface area contributed by atoms with Crippen molar-refractivity contribution < 1.29 is 4.79 Å². The molecule has 2 aliphatic rings. The standard InChI is InChI=1S/C16H23N3O2/c1-10-11(2)17-9-18(16(10)21)8-15(20)19(14-6-7-14)12(3)13-4-5-13/h9,12-14H,4-8H2,1-3H3. The van der Waals surface area contributed by atoms with Crippen LogP contribution in [-0.2, 0) is 11.3 Å². The van der Waals surface area contributed by atoms with Crippen molar-refractivity contribution in [2.75, 3.05) is 0 Å². The Kier molecular flexibility index (Phi) is 3.59. The van der Waals surface area contributed by atoms with Crippen LogP contribution in [0.25, 0.3) is 0 Å². The Morgan fingerprint density at radius 2 is 2.05 bits per heavy atom. The zero-order chi connectivity index (χ0) is 15.1. The van der Waals surface area contributed by atoms with Gasteiger partial charge in [0.1, 0.15) is 6.54 Å². The second-order valence-electron chi connectivity index (χ2n) is 6.50. The molecule has 21 heavy (non-hydrogen) atoms. The van der Waals surface area contributed by atoms with E-state index in [0.717, 1.165) is 18.5 Å². The number of rotatable bonds is 5. The summed E-state index contributed by atoms with van der Waals surface area (Å²) >= 11 is 0. The normalized spacial score (nSPS) is 19.4. The average molecular weight is 289 g/mol. The molecule has 1 heterocycles. The van der Waals surface area contributed by atoms with Crippen LogP contribution in [-0.4, -0.2) is 32.4 Å². The summed E-state index contributed by atoms with van der Waals surface area (Å²) in [4.78, 5) is 31.1. The monoisotopic (exact) mass is 289 g/mol. The quantitative estimate of drug-likeness (QED) is 0.828. The molecule has 5 heteroatoms. The van der Waals surface area contributed by atoms with Crippen molar-refractivity contribution in [2.45, 2.75) is 65.1 Å². The second kappa shape index (κ2) is 5.28. The van der Waals surface area contributed by atoms with E-state index in [2.05, 4.69) is 11.9 Å². The van der Waals surface area contributed by atoms with Crippen molar-refractivity contribution in [1.82, 2.24) is 14.5 Å². The van der Waals surface area contributed by atoms with Gasteiger partial charge >= 0.3 is 0 Å². The molecule has 5 nitrogen and oxygen atoms in total. The molecule has 0 aliphatic heterocycles. The largest absolute Gasteiger partial charge is 0.335 e. The maximum absolute atomic E-state index is 12.7. The van der Waals surface area contributed by atoms with Gasteiger partial charge in [-0.1, -0.05) is 0 Å². The van der Waals surface area contributed by atoms with E-state index in [-0.39, 0.29) is 18.0 Å². The van der Waals surface area contributed by atoms with Gasteiger partial charge < -0.3 is 4.90 Å². The van der Waals surface area contributed by atoms with Crippen molar-refractivity contribution in [3.8, 4) is 0 Å². The van der Waals surface area contributed by atoms with Gasteiger partial charge in [0, 0.05) is 23.3 Å². The molecule has 0 spiro atoms. The Bertz CT molecular complexity index is 614. The Morgan fingerprint density at radius 3 is 2.62 bits per heavy atom. The smallest absolute Gasteiger partial charge is 0.256 e. The maximum Gasteiger partial charge on any atom is 0.256 e. The third-order valence-electron chi connectivity index (χ3n) is 4.79. The molecule has 2 saturated carbocycles. The first-order chi connectivity index (χ1) is 9.99. The lowest BCUT2D eigenvalue weighted by atomic mass is 10.1. The van der Waals surface area contributed by atoms with Gasteiger partial charge in [-0.25, -0.2) is 4.98 Å². The van der Waals surface area contributed by atoms with E-state index in [1.165, 1.54) is 23.7 Å². The molecular weight excluding hydrogens is 266 g/mol.